The number of ether oxygens (including phenoxy) is 1. The van der Waals surface area contributed by atoms with E-state index in [0.717, 1.165) is 48.6 Å². The molecule has 1 N–H and O–H groups in total. The first-order valence-corrected chi connectivity index (χ1v) is 10.2. The van der Waals surface area contributed by atoms with Crippen molar-refractivity contribution in [3.8, 4) is 5.69 Å². The number of benzene rings is 2. The summed E-state index contributed by atoms with van der Waals surface area (Å²) in [4.78, 5) is 26.9. The molecule has 0 aliphatic carbocycles. The molecule has 8 nitrogen and oxygen atoms in total. The lowest BCUT2D eigenvalue weighted by Gasteiger charge is -2.22. The van der Waals surface area contributed by atoms with Gasteiger partial charge in [0, 0.05) is 13.1 Å². The number of amides is 1. The minimum atomic E-state index is -4.59. The van der Waals surface area contributed by atoms with Gasteiger partial charge in [-0.3, -0.25) is 4.79 Å². The molecule has 1 saturated heterocycles. The quantitative estimate of drug-likeness (QED) is 0.582. The molecule has 2 aromatic carbocycles. The van der Waals surface area contributed by atoms with Crippen LogP contribution in [0.25, 0.3) is 5.69 Å². The van der Waals surface area contributed by atoms with Crippen molar-refractivity contribution in [3.63, 3.8) is 0 Å². The summed E-state index contributed by atoms with van der Waals surface area (Å²) >= 11 is 0. The Labute approximate surface area is 186 Å². The van der Waals surface area contributed by atoms with Crippen LogP contribution in [0.3, 0.4) is 0 Å². The fourth-order valence-electron chi connectivity index (χ4n) is 3.70. The number of hydrogen-bond acceptors (Lipinski definition) is 6. The predicted molar refractivity (Wildman–Crippen MR) is 114 cm³/mol. The standard InChI is InChI=1S/C22H20F3N5O3/c1-33-21(32)14-8-9-19(29-10-4-5-11-29)16(12-14)26-20(31)17-13-30(28-27-17)18-7-3-2-6-15(18)22(23,24)25/h2-3,6-9,12-13H,4-5,10-11H2,1H3,(H,26,31). The molecule has 33 heavy (non-hydrogen) atoms. The van der Waals surface area contributed by atoms with E-state index in [0.29, 0.717) is 5.69 Å². The zero-order valence-electron chi connectivity index (χ0n) is 17.6. The molecule has 0 bridgehead atoms. The number of alkyl halides is 3. The molecule has 0 unspecified atom stereocenters. The highest BCUT2D eigenvalue weighted by Gasteiger charge is 2.34. The second-order valence-electron chi connectivity index (χ2n) is 7.44. The van der Waals surface area contributed by atoms with Gasteiger partial charge in [-0.2, -0.15) is 13.2 Å². The number of aromatic nitrogens is 3. The van der Waals surface area contributed by atoms with Gasteiger partial charge in [-0.1, -0.05) is 17.3 Å². The van der Waals surface area contributed by atoms with Crippen LogP contribution in [0.15, 0.2) is 48.7 Å². The van der Waals surface area contributed by atoms with E-state index >= 15 is 0 Å². The van der Waals surface area contributed by atoms with Crippen LogP contribution in [0.1, 0.15) is 39.3 Å². The summed E-state index contributed by atoms with van der Waals surface area (Å²) in [6.07, 6.45) is -1.47. The molecule has 1 amide bonds. The lowest BCUT2D eigenvalue weighted by Crippen LogP contribution is -2.22. The van der Waals surface area contributed by atoms with Gasteiger partial charge in [0.1, 0.15) is 0 Å². The number of carbonyl (C=O) groups excluding carboxylic acids is 2. The summed E-state index contributed by atoms with van der Waals surface area (Å²) in [7, 11) is 1.26. The third-order valence-electron chi connectivity index (χ3n) is 5.29. The van der Waals surface area contributed by atoms with E-state index in [-0.39, 0.29) is 16.9 Å². The maximum Gasteiger partial charge on any atom is 0.418 e. The smallest absolute Gasteiger partial charge is 0.418 e. The predicted octanol–water partition coefficient (Wildman–Crippen LogP) is 3.93. The van der Waals surface area contributed by atoms with Crippen molar-refractivity contribution in [2.75, 3.05) is 30.4 Å². The Morgan fingerprint density at radius 2 is 1.79 bits per heavy atom. The normalized spacial score (nSPS) is 13.8. The van der Waals surface area contributed by atoms with Crippen LogP contribution >= 0.6 is 0 Å². The number of anilines is 2. The highest BCUT2D eigenvalue weighted by molar-refractivity contribution is 6.05. The fourth-order valence-corrected chi connectivity index (χ4v) is 3.70. The monoisotopic (exact) mass is 459 g/mol. The molecular weight excluding hydrogens is 439 g/mol. The van der Waals surface area contributed by atoms with Gasteiger partial charge < -0.3 is 15.0 Å². The minimum absolute atomic E-state index is 0.178. The Balaban J connectivity index is 1.63. The fraction of sp³-hybridized carbons (Fsp3) is 0.273. The molecule has 0 radical (unpaired) electrons. The van der Waals surface area contributed by atoms with Gasteiger partial charge in [0.25, 0.3) is 5.91 Å². The van der Waals surface area contributed by atoms with Crippen LogP contribution in [0.2, 0.25) is 0 Å². The second-order valence-corrected chi connectivity index (χ2v) is 7.44. The van der Waals surface area contributed by atoms with E-state index in [2.05, 4.69) is 20.5 Å². The Hall–Kier alpha value is -3.89. The number of nitrogens with zero attached hydrogens (tertiary/aromatic N) is 4. The zero-order valence-corrected chi connectivity index (χ0v) is 17.6. The lowest BCUT2D eigenvalue weighted by atomic mass is 10.1. The van der Waals surface area contributed by atoms with Crippen molar-refractivity contribution < 1.29 is 27.5 Å². The van der Waals surface area contributed by atoms with Gasteiger partial charge in [0.15, 0.2) is 5.69 Å². The van der Waals surface area contributed by atoms with Crippen LogP contribution < -0.4 is 10.2 Å². The van der Waals surface area contributed by atoms with Gasteiger partial charge in [0.2, 0.25) is 0 Å². The van der Waals surface area contributed by atoms with Crippen molar-refractivity contribution in [2.24, 2.45) is 0 Å². The third-order valence-corrected chi connectivity index (χ3v) is 5.29. The molecular formula is C22H20F3N5O3. The second kappa shape index (κ2) is 8.93. The molecule has 172 valence electrons. The number of nitrogens with one attached hydrogen (secondary N) is 1. The molecule has 0 spiro atoms. The first-order valence-electron chi connectivity index (χ1n) is 10.2. The summed E-state index contributed by atoms with van der Waals surface area (Å²) < 4.78 is 45.6. The molecule has 0 saturated carbocycles. The van der Waals surface area contributed by atoms with Gasteiger partial charge in [-0.15, -0.1) is 5.10 Å². The number of esters is 1. The van der Waals surface area contributed by atoms with E-state index in [1.807, 2.05) is 0 Å². The van der Waals surface area contributed by atoms with Crippen molar-refractivity contribution >= 4 is 23.3 Å². The maximum atomic E-state index is 13.3. The van der Waals surface area contributed by atoms with Crippen LogP contribution in [0, 0.1) is 0 Å². The lowest BCUT2D eigenvalue weighted by molar-refractivity contribution is -0.137. The molecule has 1 aliphatic heterocycles. The van der Waals surface area contributed by atoms with E-state index in [9.17, 15) is 22.8 Å². The average molecular weight is 459 g/mol. The highest BCUT2D eigenvalue weighted by atomic mass is 19.4. The number of methoxy groups -OCH3 is 1. The number of halogens is 3. The first kappa shape index (κ1) is 22.3. The third kappa shape index (κ3) is 4.66. The van der Waals surface area contributed by atoms with E-state index in [4.69, 9.17) is 4.74 Å². The van der Waals surface area contributed by atoms with Crippen molar-refractivity contribution in [1.82, 2.24) is 15.0 Å². The SMILES string of the molecule is COC(=O)c1ccc(N2CCCC2)c(NC(=O)c2cn(-c3ccccc3C(F)(F)F)nn2)c1. The molecule has 4 rings (SSSR count). The van der Waals surface area contributed by atoms with E-state index in [1.54, 1.807) is 12.1 Å². The summed E-state index contributed by atoms with van der Waals surface area (Å²) in [6, 6.07) is 9.71. The minimum Gasteiger partial charge on any atom is -0.465 e. The van der Waals surface area contributed by atoms with Crippen LogP contribution in [-0.4, -0.2) is 47.1 Å². The number of carbonyl (C=O) groups is 2. The van der Waals surface area contributed by atoms with Gasteiger partial charge in [-0.05, 0) is 43.2 Å². The molecule has 1 aliphatic rings. The summed E-state index contributed by atoms with van der Waals surface area (Å²) in [5, 5.41) is 10.2. The van der Waals surface area contributed by atoms with Gasteiger partial charge in [0.05, 0.1) is 41.5 Å². The summed E-state index contributed by atoms with van der Waals surface area (Å²) in [6.45, 7) is 1.59. The maximum absolute atomic E-state index is 13.3. The molecule has 11 heteroatoms. The largest absolute Gasteiger partial charge is 0.465 e. The molecule has 1 fully saturated rings. The Morgan fingerprint density at radius 1 is 1.06 bits per heavy atom. The van der Waals surface area contributed by atoms with Crippen LogP contribution in [0.4, 0.5) is 24.5 Å². The highest BCUT2D eigenvalue weighted by Crippen LogP contribution is 2.34. The van der Waals surface area contributed by atoms with Gasteiger partial charge >= 0.3 is 12.1 Å². The van der Waals surface area contributed by atoms with Crippen LogP contribution in [-0.2, 0) is 10.9 Å². The van der Waals surface area contributed by atoms with Crippen molar-refractivity contribution in [1.29, 1.82) is 0 Å². The van der Waals surface area contributed by atoms with E-state index in [1.165, 1.54) is 31.4 Å². The Bertz CT molecular complexity index is 1190. The Morgan fingerprint density at radius 3 is 2.48 bits per heavy atom. The molecule has 1 aromatic heterocycles. The zero-order chi connectivity index (χ0) is 23.6. The molecule has 2 heterocycles. The Kier molecular flexibility index (Phi) is 6.03. The number of rotatable bonds is 5. The molecule has 3 aromatic rings. The topological polar surface area (TPSA) is 89.4 Å². The summed E-state index contributed by atoms with van der Waals surface area (Å²) in [5.41, 5.74) is 0.0191. The average Bonchev–Trinajstić information content (AvgIpc) is 3.50. The summed E-state index contributed by atoms with van der Waals surface area (Å²) in [5.74, 6) is -1.23. The first-order chi connectivity index (χ1) is 15.8. The van der Waals surface area contributed by atoms with Crippen molar-refractivity contribution in [2.45, 2.75) is 19.0 Å². The van der Waals surface area contributed by atoms with Crippen molar-refractivity contribution in [3.05, 3.63) is 65.5 Å². The number of hydrogen-bond donors (Lipinski definition) is 1. The van der Waals surface area contributed by atoms with Gasteiger partial charge in [-0.25, -0.2) is 9.48 Å². The van der Waals surface area contributed by atoms with E-state index < -0.39 is 23.6 Å². The number of para-hydroxylation sites is 1. The van der Waals surface area contributed by atoms with Crippen LogP contribution in [0.5, 0.6) is 0 Å². The molecule has 0 atom stereocenters.